The maximum absolute atomic E-state index is 12.2. The molecule has 0 saturated carbocycles. The molecule has 0 spiro atoms. The number of aryl methyl sites for hydroxylation is 2. The van der Waals surface area contributed by atoms with E-state index in [1.807, 2.05) is 6.92 Å². The smallest absolute Gasteiger partial charge is 0.220 e. The van der Waals surface area contributed by atoms with Crippen LogP contribution in [-0.2, 0) is 17.8 Å². The molecule has 5 heteroatoms. The van der Waals surface area contributed by atoms with Crippen molar-refractivity contribution in [1.29, 1.82) is 0 Å². The second-order valence-electron chi connectivity index (χ2n) is 6.92. The van der Waals surface area contributed by atoms with E-state index in [1.54, 1.807) is 11.3 Å². The van der Waals surface area contributed by atoms with Crippen LogP contribution >= 0.6 is 11.3 Å². The number of hydrogen-bond donors (Lipinski definition) is 1. The van der Waals surface area contributed by atoms with Crippen molar-refractivity contribution in [2.45, 2.75) is 72.4 Å². The molecule has 0 aliphatic carbocycles. The Morgan fingerprint density at radius 3 is 2.70 bits per heavy atom. The fourth-order valence-corrected chi connectivity index (χ4v) is 4.27. The second-order valence-corrected chi connectivity index (χ2v) is 8.09. The van der Waals surface area contributed by atoms with Crippen LogP contribution in [0.4, 0.5) is 0 Å². The highest BCUT2D eigenvalue weighted by Gasteiger charge is 2.22. The average Bonchev–Trinajstić information content (AvgIpc) is 2.86. The predicted molar refractivity (Wildman–Crippen MR) is 96.7 cm³/mol. The second kappa shape index (κ2) is 8.78. The zero-order valence-corrected chi connectivity index (χ0v) is 15.8. The monoisotopic (exact) mass is 337 g/mol. The Bertz CT molecular complexity index is 504. The summed E-state index contributed by atoms with van der Waals surface area (Å²) in [5.74, 6) is 0.737. The van der Waals surface area contributed by atoms with Crippen LogP contribution in [0.5, 0.6) is 0 Å². The van der Waals surface area contributed by atoms with E-state index in [0.29, 0.717) is 24.9 Å². The van der Waals surface area contributed by atoms with E-state index in [2.05, 4.69) is 36.0 Å². The third kappa shape index (κ3) is 5.57. The summed E-state index contributed by atoms with van der Waals surface area (Å²) in [5.41, 5.74) is 1.07. The largest absolute Gasteiger partial charge is 0.351 e. The van der Waals surface area contributed by atoms with Gasteiger partial charge in [0.15, 0.2) is 0 Å². The van der Waals surface area contributed by atoms with E-state index in [0.717, 1.165) is 44.5 Å². The molecule has 1 aromatic heterocycles. The van der Waals surface area contributed by atoms with Crippen LogP contribution < -0.4 is 5.32 Å². The van der Waals surface area contributed by atoms with Crippen molar-refractivity contribution in [1.82, 2.24) is 15.2 Å². The van der Waals surface area contributed by atoms with Crippen LogP contribution in [0.15, 0.2) is 0 Å². The zero-order valence-electron chi connectivity index (χ0n) is 15.0. The molecule has 0 atom stereocenters. The summed E-state index contributed by atoms with van der Waals surface area (Å²) in [6.07, 6.45) is 5.12. The van der Waals surface area contributed by atoms with Gasteiger partial charge in [-0.15, -0.1) is 11.3 Å². The predicted octanol–water partition coefficient (Wildman–Crippen LogP) is 3.53. The summed E-state index contributed by atoms with van der Waals surface area (Å²) in [4.78, 5) is 20.5. The molecule has 1 fully saturated rings. The molecule has 1 aliphatic rings. The lowest BCUT2D eigenvalue weighted by molar-refractivity contribution is -0.122. The van der Waals surface area contributed by atoms with Gasteiger partial charge in [-0.2, -0.15) is 0 Å². The lowest BCUT2D eigenvalue weighted by atomic mass is 9.92. The van der Waals surface area contributed by atoms with Crippen molar-refractivity contribution in [2.24, 2.45) is 5.92 Å². The van der Waals surface area contributed by atoms with Gasteiger partial charge in [0.2, 0.25) is 5.91 Å². The molecule has 2 rings (SSSR count). The number of carbonyl (C=O) groups is 1. The van der Waals surface area contributed by atoms with Crippen LogP contribution in [0.25, 0.3) is 0 Å². The van der Waals surface area contributed by atoms with Crippen molar-refractivity contribution >= 4 is 17.2 Å². The van der Waals surface area contributed by atoms with Crippen molar-refractivity contribution in [3.63, 3.8) is 0 Å². The van der Waals surface area contributed by atoms with E-state index in [9.17, 15) is 4.79 Å². The summed E-state index contributed by atoms with van der Waals surface area (Å²) in [6, 6.07) is 0.622. The third-order valence-electron chi connectivity index (χ3n) is 4.70. The van der Waals surface area contributed by atoms with Gasteiger partial charge in [0.1, 0.15) is 0 Å². The van der Waals surface area contributed by atoms with Crippen molar-refractivity contribution in [3.05, 3.63) is 15.6 Å². The van der Waals surface area contributed by atoms with Crippen LogP contribution in [0.1, 0.15) is 62.0 Å². The standard InChI is InChI=1S/C18H31N3OS/c1-5-6-18-20-14(4)16(23-18)12-19-17(22)11-15-7-9-21(10-8-15)13(2)3/h13,15H,5-12H2,1-4H3,(H,19,22). The number of rotatable bonds is 7. The minimum Gasteiger partial charge on any atom is -0.351 e. The van der Waals surface area contributed by atoms with Gasteiger partial charge in [-0.25, -0.2) is 4.98 Å². The number of carbonyl (C=O) groups excluding carboxylic acids is 1. The van der Waals surface area contributed by atoms with E-state index in [1.165, 1.54) is 9.88 Å². The maximum atomic E-state index is 12.2. The number of aromatic nitrogens is 1. The molecule has 1 aromatic rings. The van der Waals surface area contributed by atoms with Gasteiger partial charge in [0, 0.05) is 17.3 Å². The van der Waals surface area contributed by atoms with E-state index in [-0.39, 0.29) is 5.91 Å². The molecule has 0 bridgehead atoms. The van der Waals surface area contributed by atoms with E-state index >= 15 is 0 Å². The maximum Gasteiger partial charge on any atom is 0.220 e. The fraction of sp³-hybridized carbons (Fsp3) is 0.778. The van der Waals surface area contributed by atoms with Crippen LogP contribution in [0, 0.1) is 12.8 Å². The molecule has 2 heterocycles. The lowest BCUT2D eigenvalue weighted by Gasteiger charge is -2.34. The topological polar surface area (TPSA) is 45.2 Å². The first-order valence-corrected chi connectivity index (χ1v) is 9.77. The minimum absolute atomic E-state index is 0.192. The number of piperidine rings is 1. The summed E-state index contributed by atoms with van der Waals surface area (Å²) in [7, 11) is 0. The molecule has 23 heavy (non-hydrogen) atoms. The molecular formula is C18H31N3OS. The van der Waals surface area contributed by atoms with Crippen molar-refractivity contribution < 1.29 is 4.79 Å². The van der Waals surface area contributed by atoms with Gasteiger partial charge in [0.25, 0.3) is 0 Å². The number of nitrogens with one attached hydrogen (secondary N) is 1. The van der Waals surface area contributed by atoms with Gasteiger partial charge < -0.3 is 10.2 Å². The van der Waals surface area contributed by atoms with Gasteiger partial charge in [-0.3, -0.25) is 4.79 Å². The zero-order chi connectivity index (χ0) is 16.8. The Hall–Kier alpha value is -0.940. The number of hydrogen-bond acceptors (Lipinski definition) is 4. The molecule has 0 radical (unpaired) electrons. The fourth-order valence-electron chi connectivity index (χ4n) is 3.16. The Morgan fingerprint density at radius 2 is 2.09 bits per heavy atom. The van der Waals surface area contributed by atoms with Gasteiger partial charge in [-0.1, -0.05) is 6.92 Å². The Balaban J connectivity index is 1.73. The van der Waals surface area contributed by atoms with Gasteiger partial charge in [-0.05, 0) is 65.5 Å². The first kappa shape index (κ1) is 18.4. The molecule has 0 aromatic carbocycles. The normalized spacial score (nSPS) is 16.9. The molecular weight excluding hydrogens is 306 g/mol. The molecule has 1 aliphatic heterocycles. The number of amides is 1. The minimum atomic E-state index is 0.192. The lowest BCUT2D eigenvalue weighted by Crippen LogP contribution is -2.39. The summed E-state index contributed by atoms with van der Waals surface area (Å²) in [5, 5.41) is 4.28. The van der Waals surface area contributed by atoms with Gasteiger partial charge in [0.05, 0.1) is 17.2 Å². The molecule has 1 saturated heterocycles. The third-order valence-corrected chi connectivity index (χ3v) is 5.92. The summed E-state index contributed by atoms with van der Waals surface area (Å²) >= 11 is 1.74. The highest BCUT2D eigenvalue weighted by molar-refractivity contribution is 7.11. The highest BCUT2D eigenvalue weighted by atomic mass is 32.1. The molecule has 130 valence electrons. The van der Waals surface area contributed by atoms with Crippen molar-refractivity contribution in [3.8, 4) is 0 Å². The van der Waals surface area contributed by atoms with Gasteiger partial charge >= 0.3 is 0 Å². The highest BCUT2D eigenvalue weighted by Crippen LogP contribution is 2.22. The molecule has 1 N–H and O–H groups in total. The Labute approximate surface area is 144 Å². The first-order chi connectivity index (χ1) is 11.0. The average molecular weight is 338 g/mol. The van der Waals surface area contributed by atoms with Crippen LogP contribution in [0.2, 0.25) is 0 Å². The number of likely N-dealkylation sites (tertiary alicyclic amines) is 1. The molecule has 0 unspecified atom stereocenters. The summed E-state index contributed by atoms with van der Waals surface area (Å²) < 4.78 is 0. The van der Waals surface area contributed by atoms with E-state index in [4.69, 9.17) is 0 Å². The summed E-state index contributed by atoms with van der Waals surface area (Å²) in [6.45, 7) is 11.6. The number of nitrogens with zero attached hydrogens (tertiary/aromatic N) is 2. The quantitative estimate of drug-likeness (QED) is 0.828. The molecule has 1 amide bonds. The Morgan fingerprint density at radius 1 is 1.39 bits per heavy atom. The van der Waals surface area contributed by atoms with E-state index < -0.39 is 0 Å². The molecule has 4 nitrogen and oxygen atoms in total. The Kier molecular flexibility index (Phi) is 7.03. The van der Waals surface area contributed by atoms with Crippen molar-refractivity contribution in [2.75, 3.05) is 13.1 Å². The first-order valence-electron chi connectivity index (χ1n) is 8.95. The van der Waals surface area contributed by atoms with Crippen LogP contribution in [0.3, 0.4) is 0 Å². The van der Waals surface area contributed by atoms with Crippen LogP contribution in [-0.4, -0.2) is 34.9 Å². The number of thiazole rings is 1. The SMILES string of the molecule is CCCc1nc(C)c(CNC(=O)CC2CCN(C(C)C)CC2)s1.